The van der Waals surface area contributed by atoms with E-state index < -0.39 is 26.4 Å². The van der Waals surface area contributed by atoms with Crippen LogP contribution in [0.15, 0.2) is 12.2 Å². The minimum Gasteiger partial charge on any atom is -0.201 e. The molecule has 0 aliphatic heterocycles. The second-order valence-electron chi connectivity index (χ2n) is 4.63. The number of hydrogen-bond acceptors (Lipinski definition) is 5. The molecule has 0 amide bonds. The van der Waals surface area contributed by atoms with Crippen molar-refractivity contribution < 1.29 is 20.5 Å². The lowest BCUT2D eigenvalue weighted by molar-refractivity contribution is 0.458. The van der Waals surface area contributed by atoms with Crippen LogP contribution in [0.1, 0.15) is 52.9 Å². The third-order valence-corrected chi connectivity index (χ3v) is 5.68. The summed E-state index contributed by atoms with van der Waals surface area (Å²) in [6, 6.07) is 0. The van der Waals surface area contributed by atoms with Crippen molar-refractivity contribution in [3.05, 3.63) is 12.2 Å². The lowest BCUT2D eigenvalue weighted by Crippen LogP contribution is -2.25. The van der Waals surface area contributed by atoms with Gasteiger partial charge in [0.05, 0.1) is 5.25 Å². The van der Waals surface area contributed by atoms with Gasteiger partial charge < -0.3 is 0 Å². The van der Waals surface area contributed by atoms with Crippen LogP contribution in [0.4, 0.5) is 0 Å². The van der Waals surface area contributed by atoms with Crippen molar-refractivity contribution in [2.45, 2.75) is 58.1 Å². The van der Waals surface area contributed by atoms with Crippen LogP contribution >= 0.6 is 0 Å². The molecular formula is C12H24O5S2. The Bertz CT molecular complexity index is 429. The first-order valence-electron chi connectivity index (χ1n) is 6.55. The van der Waals surface area contributed by atoms with Crippen LogP contribution in [0.3, 0.4) is 0 Å². The highest BCUT2D eigenvalue weighted by Crippen LogP contribution is 2.16. The summed E-state index contributed by atoms with van der Waals surface area (Å²) in [6.07, 6.45) is 9.30. The molecule has 0 heterocycles. The zero-order valence-electron chi connectivity index (χ0n) is 11.7. The highest BCUT2D eigenvalue weighted by Gasteiger charge is 2.27. The molecule has 0 spiro atoms. The molecule has 0 aromatic carbocycles. The topological polar surface area (TPSA) is 77.5 Å². The van der Waals surface area contributed by atoms with Crippen LogP contribution in [-0.4, -0.2) is 22.1 Å². The first kappa shape index (κ1) is 18.6. The van der Waals surface area contributed by atoms with Crippen molar-refractivity contribution in [3.8, 4) is 0 Å². The van der Waals surface area contributed by atoms with Gasteiger partial charge in [-0.25, -0.2) is 8.42 Å². The largest absolute Gasteiger partial charge is 0.284 e. The molecule has 114 valence electrons. The normalized spacial score (nSPS) is 16.0. The van der Waals surface area contributed by atoms with E-state index in [0.717, 1.165) is 12.8 Å². The van der Waals surface area contributed by atoms with E-state index in [-0.39, 0.29) is 5.92 Å². The quantitative estimate of drug-likeness (QED) is 0.381. The van der Waals surface area contributed by atoms with Gasteiger partial charge >= 0.3 is 0 Å². The summed E-state index contributed by atoms with van der Waals surface area (Å²) in [7, 11) is -7.44. The van der Waals surface area contributed by atoms with Crippen molar-refractivity contribution in [2.75, 3.05) is 0 Å². The van der Waals surface area contributed by atoms with E-state index in [1.54, 1.807) is 13.0 Å². The van der Waals surface area contributed by atoms with Crippen molar-refractivity contribution in [1.29, 1.82) is 0 Å². The Morgan fingerprint density at radius 1 is 1.16 bits per heavy atom. The Morgan fingerprint density at radius 2 is 1.79 bits per heavy atom. The van der Waals surface area contributed by atoms with Crippen molar-refractivity contribution in [1.82, 2.24) is 0 Å². The first-order valence-corrected chi connectivity index (χ1v) is 9.12. The summed E-state index contributed by atoms with van der Waals surface area (Å²) in [6.45, 7) is 5.32. The van der Waals surface area contributed by atoms with Crippen molar-refractivity contribution in [2.24, 2.45) is 5.92 Å². The van der Waals surface area contributed by atoms with Crippen LogP contribution < -0.4 is 0 Å². The molecule has 2 atom stereocenters. The molecule has 0 fully saturated rings. The molecule has 0 saturated heterocycles. The van der Waals surface area contributed by atoms with Gasteiger partial charge in [0, 0.05) is 0 Å². The molecule has 0 saturated carbocycles. The van der Waals surface area contributed by atoms with E-state index in [0.29, 0.717) is 0 Å². The standard InChI is InChI=1S/C12H24O5S2/c1-4-5-6-7-8-9-10-11(2)12(3)19(15,16)17-18(13)14/h9-12,18H,4-8H2,1-3H3. The minimum atomic E-state index is -4.06. The zero-order chi connectivity index (χ0) is 14.9. The van der Waals surface area contributed by atoms with Crippen molar-refractivity contribution >= 4 is 21.1 Å². The SMILES string of the molecule is CCCCCCC=CC(C)C(C)S(=O)(=O)O[SH](=O)=O. The van der Waals surface area contributed by atoms with Crippen LogP contribution in [0.25, 0.3) is 0 Å². The second kappa shape index (κ2) is 9.50. The Balaban J connectivity index is 4.26. The summed E-state index contributed by atoms with van der Waals surface area (Å²) < 4.78 is 47.6. The fourth-order valence-corrected chi connectivity index (χ4v) is 3.41. The number of allylic oxidation sites excluding steroid dienone is 2. The average Bonchev–Trinajstić information content (AvgIpc) is 2.30. The van der Waals surface area contributed by atoms with Gasteiger partial charge in [0.15, 0.2) is 0 Å². The van der Waals surface area contributed by atoms with Gasteiger partial charge in [-0.2, -0.15) is 8.42 Å². The van der Waals surface area contributed by atoms with Crippen LogP contribution in [0.5, 0.6) is 0 Å². The predicted octanol–water partition coefficient (Wildman–Crippen LogP) is 2.41. The highest BCUT2D eigenvalue weighted by atomic mass is 32.3. The fourth-order valence-electron chi connectivity index (χ4n) is 1.57. The number of rotatable bonds is 10. The Labute approximate surface area is 118 Å². The number of hydrogen-bond donors (Lipinski definition) is 1. The summed E-state index contributed by atoms with van der Waals surface area (Å²) in [5, 5.41) is -0.882. The van der Waals surface area contributed by atoms with Gasteiger partial charge in [-0.1, -0.05) is 45.3 Å². The molecule has 5 nitrogen and oxygen atoms in total. The van der Waals surface area contributed by atoms with E-state index in [4.69, 9.17) is 0 Å². The predicted molar refractivity (Wildman–Crippen MR) is 76.8 cm³/mol. The Morgan fingerprint density at radius 3 is 2.32 bits per heavy atom. The maximum atomic E-state index is 11.5. The van der Waals surface area contributed by atoms with E-state index in [1.165, 1.54) is 26.2 Å². The third kappa shape index (κ3) is 8.39. The number of thiol groups is 1. The van der Waals surface area contributed by atoms with Gasteiger partial charge in [-0.3, -0.25) is 0 Å². The minimum absolute atomic E-state index is 0.286. The smallest absolute Gasteiger partial charge is 0.201 e. The highest BCUT2D eigenvalue weighted by molar-refractivity contribution is 7.94. The molecule has 0 N–H and O–H groups in total. The van der Waals surface area contributed by atoms with E-state index in [1.807, 2.05) is 6.08 Å². The summed E-state index contributed by atoms with van der Waals surface area (Å²) in [5.41, 5.74) is 0. The van der Waals surface area contributed by atoms with E-state index in [2.05, 4.69) is 10.6 Å². The van der Waals surface area contributed by atoms with Crippen LogP contribution in [0.2, 0.25) is 0 Å². The van der Waals surface area contributed by atoms with Gasteiger partial charge in [0.1, 0.15) is 0 Å². The molecule has 7 heteroatoms. The van der Waals surface area contributed by atoms with Gasteiger partial charge in [-0.15, -0.1) is 3.63 Å². The van der Waals surface area contributed by atoms with Crippen LogP contribution in [-0.2, 0) is 24.7 Å². The lowest BCUT2D eigenvalue weighted by atomic mass is 10.1. The average molecular weight is 312 g/mol. The molecule has 0 aromatic heterocycles. The molecule has 2 unspecified atom stereocenters. The molecule has 0 aromatic rings. The fraction of sp³-hybridized carbons (Fsp3) is 0.833. The summed E-state index contributed by atoms with van der Waals surface area (Å²) in [4.78, 5) is 0. The van der Waals surface area contributed by atoms with Crippen molar-refractivity contribution in [3.63, 3.8) is 0 Å². The number of unbranched alkanes of at least 4 members (excludes halogenated alkanes) is 4. The molecule has 0 rings (SSSR count). The summed E-state index contributed by atoms with van der Waals surface area (Å²) in [5.74, 6) is -0.286. The molecular weight excluding hydrogens is 288 g/mol. The second-order valence-corrected chi connectivity index (χ2v) is 7.41. The third-order valence-electron chi connectivity index (χ3n) is 3.02. The molecule has 0 radical (unpaired) electrons. The maximum absolute atomic E-state index is 11.5. The zero-order valence-corrected chi connectivity index (χ0v) is 13.5. The molecule has 0 aliphatic rings. The molecule has 0 aliphatic carbocycles. The summed E-state index contributed by atoms with van der Waals surface area (Å²) >= 11 is 0. The van der Waals surface area contributed by atoms with E-state index in [9.17, 15) is 16.8 Å². The maximum Gasteiger partial charge on any atom is 0.284 e. The molecule has 0 bridgehead atoms. The van der Waals surface area contributed by atoms with Crippen LogP contribution in [0, 0.1) is 5.92 Å². The van der Waals surface area contributed by atoms with Gasteiger partial charge in [0.2, 0.25) is 0 Å². The Hall–Kier alpha value is -0.400. The molecule has 19 heavy (non-hydrogen) atoms. The lowest BCUT2D eigenvalue weighted by Gasteiger charge is -2.14. The van der Waals surface area contributed by atoms with Gasteiger partial charge in [-0.05, 0) is 25.7 Å². The first-order chi connectivity index (χ1) is 8.81. The monoisotopic (exact) mass is 312 g/mol. The van der Waals surface area contributed by atoms with Gasteiger partial charge in [0.25, 0.3) is 21.1 Å². The van der Waals surface area contributed by atoms with E-state index >= 15 is 0 Å². The Kier molecular flexibility index (Phi) is 9.30.